The molecule has 126 valence electrons. The summed E-state index contributed by atoms with van der Waals surface area (Å²) in [6.45, 7) is 7.71. The van der Waals surface area contributed by atoms with Crippen LogP contribution in [-0.4, -0.2) is 18.0 Å². The van der Waals surface area contributed by atoms with Gasteiger partial charge in [-0.05, 0) is 49.6 Å². The van der Waals surface area contributed by atoms with E-state index < -0.39 is 12.1 Å². The lowest BCUT2D eigenvalue weighted by Crippen LogP contribution is -2.30. The van der Waals surface area contributed by atoms with E-state index in [0.717, 1.165) is 11.1 Å². The van der Waals surface area contributed by atoms with Crippen molar-refractivity contribution in [2.24, 2.45) is 0 Å². The summed E-state index contributed by atoms with van der Waals surface area (Å²) in [6, 6.07) is 14.7. The van der Waals surface area contributed by atoms with Crippen LogP contribution in [0.25, 0.3) is 0 Å². The zero-order chi connectivity index (χ0) is 17.7. The van der Waals surface area contributed by atoms with E-state index in [-0.39, 0.29) is 5.91 Å². The van der Waals surface area contributed by atoms with E-state index in [1.165, 1.54) is 0 Å². The van der Waals surface area contributed by atoms with E-state index in [2.05, 4.69) is 19.2 Å². The van der Waals surface area contributed by atoms with Gasteiger partial charge in [0.1, 0.15) is 0 Å². The van der Waals surface area contributed by atoms with Crippen molar-refractivity contribution < 1.29 is 14.3 Å². The van der Waals surface area contributed by atoms with Gasteiger partial charge in [0.05, 0.1) is 5.56 Å². The normalized spacial score (nSPS) is 11.9. The molecule has 1 amide bonds. The van der Waals surface area contributed by atoms with Gasteiger partial charge in [-0.1, -0.05) is 43.7 Å². The molecular formula is C20H23NO3. The van der Waals surface area contributed by atoms with Crippen molar-refractivity contribution in [2.45, 2.75) is 39.7 Å². The summed E-state index contributed by atoms with van der Waals surface area (Å²) in [7, 11) is 0. The minimum Gasteiger partial charge on any atom is -0.449 e. The molecule has 0 fully saturated rings. The molecule has 4 nitrogen and oxygen atoms in total. The molecular weight excluding hydrogens is 302 g/mol. The lowest BCUT2D eigenvalue weighted by molar-refractivity contribution is -0.123. The third-order valence-corrected chi connectivity index (χ3v) is 3.79. The first-order valence-corrected chi connectivity index (χ1v) is 8.05. The molecule has 0 aliphatic rings. The van der Waals surface area contributed by atoms with Crippen LogP contribution >= 0.6 is 0 Å². The zero-order valence-electron chi connectivity index (χ0n) is 14.5. The number of hydrogen-bond acceptors (Lipinski definition) is 3. The van der Waals surface area contributed by atoms with Crippen LogP contribution in [0.15, 0.2) is 48.5 Å². The van der Waals surface area contributed by atoms with Crippen molar-refractivity contribution >= 4 is 17.6 Å². The van der Waals surface area contributed by atoms with E-state index in [1.807, 2.05) is 43.3 Å². The lowest BCUT2D eigenvalue weighted by Gasteiger charge is -2.14. The largest absolute Gasteiger partial charge is 0.449 e. The highest BCUT2D eigenvalue weighted by Gasteiger charge is 2.19. The van der Waals surface area contributed by atoms with Gasteiger partial charge in [-0.2, -0.15) is 0 Å². The van der Waals surface area contributed by atoms with Crippen molar-refractivity contribution in [1.82, 2.24) is 0 Å². The summed E-state index contributed by atoms with van der Waals surface area (Å²) < 4.78 is 5.24. The van der Waals surface area contributed by atoms with Crippen molar-refractivity contribution in [1.29, 1.82) is 0 Å². The molecule has 0 bridgehead atoms. The molecule has 0 aromatic heterocycles. The molecule has 0 spiro atoms. The summed E-state index contributed by atoms with van der Waals surface area (Å²) in [5, 5.41) is 2.73. The number of nitrogens with one attached hydrogen (secondary N) is 1. The van der Waals surface area contributed by atoms with E-state index in [9.17, 15) is 9.59 Å². The van der Waals surface area contributed by atoms with Gasteiger partial charge >= 0.3 is 5.97 Å². The van der Waals surface area contributed by atoms with Gasteiger partial charge < -0.3 is 10.1 Å². The zero-order valence-corrected chi connectivity index (χ0v) is 14.5. The maximum absolute atomic E-state index is 12.1. The standard InChI is InChI=1S/C20H23NO3/c1-13(2)16-7-9-17(10-8-16)20(23)24-15(4)19(22)21-18-11-5-14(3)6-12-18/h5-13,15H,1-4H3,(H,21,22). The van der Waals surface area contributed by atoms with Crippen molar-refractivity contribution in [3.63, 3.8) is 0 Å². The Morgan fingerprint density at radius 2 is 1.50 bits per heavy atom. The Hall–Kier alpha value is -2.62. The highest BCUT2D eigenvalue weighted by Crippen LogP contribution is 2.16. The topological polar surface area (TPSA) is 55.4 Å². The average molecular weight is 325 g/mol. The number of ether oxygens (including phenoxy) is 1. The number of esters is 1. The Bertz CT molecular complexity index is 703. The van der Waals surface area contributed by atoms with Crippen LogP contribution in [0, 0.1) is 6.92 Å². The van der Waals surface area contributed by atoms with Crippen molar-refractivity contribution in [2.75, 3.05) is 5.32 Å². The van der Waals surface area contributed by atoms with Crippen LogP contribution in [0.3, 0.4) is 0 Å². The molecule has 0 aliphatic heterocycles. The molecule has 24 heavy (non-hydrogen) atoms. The number of anilines is 1. The molecule has 1 atom stereocenters. The van der Waals surface area contributed by atoms with E-state index in [1.54, 1.807) is 19.1 Å². The number of carbonyl (C=O) groups excluding carboxylic acids is 2. The lowest BCUT2D eigenvalue weighted by atomic mass is 10.0. The number of hydrogen-bond donors (Lipinski definition) is 1. The molecule has 1 N–H and O–H groups in total. The molecule has 2 rings (SSSR count). The summed E-state index contributed by atoms with van der Waals surface area (Å²) >= 11 is 0. The van der Waals surface area contributed by atoms with E-state index in [0.29, 0.717) is 17.2 Å². The summed E-state index contributed by atoms with van der Waals surface area (Å²) in [5.74, 6) is -0.461. The molecule has 0 radical (unpaired) electrons. The van der Waals surface area contributed by atoms with Crippen molar-refractivity contribution in [3.8, 4) is 0 Å². The fraction of sp³-hybridized carbons (Fsp3) is 0.300. The van der Waals surface area contributed by atoms with Gasteiger partial charge in [0, 0.05) is 5.69 Å². The number of aryl methyl sites for hydroxylation is 1. The Morgan fingerprint density at radius 3 is 2.04 bits per heavy atom. The first-order chi connectivity index (χ1) is 11.4. The number of benzene rings is 2. The van der Waals surface area contributed by atoms with Gasteiger partial charge in [0.25, 0.3) is 5.91 Å². The molecule has 4 heteroatoms. The molecule has 0 saturated heterocycles. The molecule has 2 aromatic carbocycles. The van der Waals surface area contributed by atoms with Gasteiger partial charge in [0.2, 0.25) is 0 Å². The molecule has 2 aromatic rings. The smallest absolute Gasteiger partial charge is 0.338 e. The second kappa shape index (κ2) is 7.77. The summed E-state index contributed by atoms with van der Waals surface area (Å²) in [6.07, 6.45) is -0.872. The first kappa shape index (κ1) is 17.7. The minimum atomic E-state index is -0.872. The Balaban J connectivity index is 1.94. The minimum absolute atomic E-state index is 0.356. The Kier molecular flexibility index (Phi) is 5.74. The predicted octanol–water partition coefficient (Wildman–Crippen LogP) is 4.30. The number of amides is 1. The fourth-order valence-electron chi connectivity index (χ4n) is 2.17. The summed E-state index contributed by atoms with van der Waals surface area (Å²) in [4.78, 5) is 24.3. The van der Waals surface area contributed by atoms with Gasteiger partial charge in [-0.15, -0.1) is 0 Å². The third kappa shape index (κ3) is 4.69. The maximum Gasteiger partial charge on any atom is 0.338 e. The average Bonchev–Trinajstić information content (AvgIpc) is 2.56. The third-order valence-electron chi connectivity index (χ3n) is 3.79. The van der Waals surface area contributed by atoms with Crippen LogP contribution in [-0.2, 0) is 9.53 Å². The maximum atomic E-state index is 12.1. The first-order valence-electron chi connectivity index (χ1n) is 8.05. The quantitative estimate of drug-likeness (QED) is 0.834. The molecule has 0 heterocycles. The number of carbonyl (C=O) groups is 2. The van der Waals surface area contributed by atoms with E-state index in [4.69, 9.17) is 4.74 Å². The van der Waals surface area contributed by atoms with Crippen LogP contribution in [0.4, 0.5) is 5.69 Å². The van der Waals surface area contributed by atoms with Gasteiger partial charge in [-0.3, -0.25) is 4.79 Å². The monoisotopic (exact) mass is 325 g/mol. The van der Waals surface area contributed by atoms with Gasteiger partial charge in [0.15, 0.2) is 6.10 Å². The SMILES string of the molecule is Cc1ccc(NC(=O)C(C)OC(=O)c2ccc(C(C)C)cc2)cc1. The highest BCUT2D eigenvalue weighted by molar-refractivity contribution is 5.97. The predicted molar refractivity (Wildman–Crippen MR) is 95.2 cm³/mol. The fourth-order valence-corrected chi connectivity index (χ4v) is 2.17. The van der Waals surface area contributed by atoms with Crippen LogP contribution in [0.5, 0.6) is 0 Å². The van der Waals surface area contributed by atoms with Crippen LogP contribution < -0.4 is 5.32 Å². The second-order valence-corrected chi connectivity index (χ2v) is 6.18. The second-order valence-electron chi connectivity index (χ2n) is 6.18. The summed E-state index contributed by atoms with van der Waals surface area (Å²) in [5.41, 5.74) is 3.37. The molecule has 1 unspecified atom stereocenters. The Morgan fingerprint density at radius 1 is 0.917 bits per heavy atom. The van der Waals surface area contributed by atoms with Crippen LogP contribution in [0.2, 0.25) is 0 Å². The van der Waals surface area contributed by atoms with Gasteiger partial charge in [-0.25, -0.2) is 4.79 Å². The molecule has 0 saturated carbocycles. The number of rotatable bonds is 5. The van der Waals surface area contributed by atoms with Crippen LogP contribution in [0.1, 0.15) is 48.2 Å². The highest BCUT2D eigenvalue weighted by atomic mass is 16.5. The Labute approximate surface area is 142 Å². The van der Waals surface area contributed by atoms with E-state index >= 15 is 0 Å². The van der Waals surface area contributed by atoms with Crippen molar-refractivity contribution in [3.05, 3.63) is 65.2 Å². The molecule has 0 aliphatic carbocycles.